The minimum absolute atomic E-state index is 0.347. The second-order valence-corrected chi connectivity index (χ2v) is 4.48. The van der Waals surface area contributed by atoms with Crippen LogP contribution in [-0.4, -0.2) is 34.6 Å². The molecule has 0 bridgehead atoms. The van der Waals surface area contributed by atoms with Gasteiger partial charge in [-0.25, -0.2) is 0 Å². The van der Waals surface area contributed by atoms with Gasteiger partial charge < -0.3 is 15.4 Å². The molecule has 1 saturated carbocycles. The third-order valence-electron chi connectivity index (χ3n) is 3.07. The molecule has 2 N–H and O–H groups in total. The van der Waals surface area contributed by atoms with E-state index in [0.29, 0.717) is 23.9 Å². The summed E-state index contributed by atoms with van der Waals surface area (Å²) in [7, 11) is 1.56. The van der Waals surface area contributed by atoms with Gasteiger partial charge in [-0.2, -0.15) is 15.0 Å². The highest BCUT2D eigenvalue weighted by Crippen LogP contribution is 2.21. The molecule has 0 aliphatic heterocycles. The van der Waals surface area contributed by atoms with E-state index >= 15 is 0 Å². The van der Waals surface area contributed by atoms with Crippen molar-refractivity contribution in [1.29, 1.82) is 0 Å². The normalized spacial score (nSPS) is 16.3. The van der Waals surface area contributed by atoms with Gasteiger partial charge in [0.25, 0.3) is 0 Å². The van der Waals surface area contributed by atoms with Crippen molar-refractivity contribution >= 4 is 11.9 Å². The van der Waals surface area contributed by atoms with Crippen LogP contribution in [0, 0.1) is 0 Å². The van der Waals surface area contributed by atoms with E-state index in [9.17, 15) is 0 Å². The van der Waals surface area contributed by atoms with E-state index in [0.717, 1.165) is 6.54 Å². The second-order valence-electron chi connectivity index (χ2n) is 4.48. The molecule has 18 heavy (non-hydrogen) atoms. The van der Waals surface area contributed by atoms with Crippen molar-refractivity contribution in [3.05, 3.63) is 0 Å². The van der Waals surface area contributed by atoms with Crippen molar-refractivity contribution in [1.82, 2.24) is 15.0 Å². The monoisotopic (exact) mass is 251 g/mol. The molecule has 6 heteroatoms. The molecular formula is C12H21N5O. The maximum absolute atomic E-state index is 5.09. The lowest BCUT2D eigenvalue weighted by Gasteiger charge is -2.22. The maximum Gasteiger partial charge on any atom is 0.322 e. The molecule has 0 radical (unpaired) electrons. The highest BCUT2D eigenvalue weighted by molar-refractivity contribution is 5.36. The Bertz CT molecular complexity index is 379. The van der Waals surface area contributed by atoms with Gasteiger partial charge in [-0.05, 0) is 19.8 Å². The first-order valence-corrected chi connectivity index (χ1v) is 6.62. The topological polar surface area (TPSA) is 72.0 Å². The van der Waals surface area contributed by atoms with Crippen molar-refractivity contribution < 1.29 is 4.74 Å². The number of ether oxygens (including phenoxy) is 1. The molecule has 0 amide bonds. The first-order valence-electron chi connectivity index (χ1n) is 6.62. The van der Waals surface area contributed by atoms with E-state index in [-0.39, 0.29) is 0 Å². The minimum Gasteiger partial charge on any atom is -0.467 e. The Hall–Kier alpha value is -1.59. The third-order valence-corrected chi connectivity index (χ3v) is 3.07. The molecule has 1 heterocycles. The summed E-state index contributed by atoms with van der Waals surface area (Å²) in [5, 5.41) is 6.45. The number of anilines is 2. The third kappa shape index (κ3) is 3.45. The van der Waals surface area contributed by atoms with Crippen LogP contribution in [0.25, 0.3) is 0 Å². The maximum atomic E-state index is 5.09. The van der Waals surface area contributed by atoms with Gasteiger partial charge in [-0.15, -0.1) is 0 Å². The predicted octanol–water partition coefficient (Wildman–Crippen LogP) is 2.06. The first kappa shape index (κ1) is 12.9. The number of nitrogens with one attached hydrogen (secondary N) is 2. The number of methoxy groups -OCH3 is 1. The van der Waals surface area contributed by atoms with Crippen LogP contribution in [0.2, 0.25) is 0 Å². The second kappa shape index (κ2) is 6.37. The highest BCUT2D eigenvalue weighted by atomic mass is 16.5. The van der Waals surface area contributed by atoms with Crippen molar-refractivity contribution in [2.75, 3.05) is 24.3 Å². The van der Waals surface area contributed by atoms with Crippen molar-refractivity contribution in [3.63, 3.8) is 0 Å². The van der Waals surface area contributed by atoms with Crippen LogP contribution in [0.5, 0.6) is 6.01 Å². The molecule has 0 aromatic carbocycles. The van der Waals surface area contributed by atoms with E-state index < -0.39 is 0 Å². The minimum atomic E-state index is 0.347. The summed E-state index contributed by atoms with van der Waals surface area (Å²) in [5.74, 6) is 1.16. The molecule has 1 aliphatic rings. The highest BCUT2D eigenvalue weighted by Gasteiger charge is 2.15. The molecule has 0 saturated heterocycles. The zero-order chi connectivity index (χ0) is 12.8. The van der Waals surface area contributed by atoms with E-state index in [1.807, 2.05) is 6.92 Å². The lowest BCUT2D eigenvalue weighted by atomic mass is 9.96. The molecule has 2 rings (SSSR count). The average Bonchev–Trinajstić information content (AvgIpc) is 2.40. The van der Waals surface area contributed by atoms with Crippen LogP contribution in [-0.2, 0) is 0 Å². The van der Waals surface area contributed by atoms with Gasteiger partial charge >= 0.3 is 6.01 Å². The van der Waals surface area contributed by atoms with Gasteiger partial charge in [-0.3, -0.25) is 0 Å². The van der Waals surface area contributed by atoms with E-state index in [4.69, 9.17) is 4.74 Å². The predicted molar refractivity (Wildman–Crippen MR) is 71.0 cm³/mol. The average molecular weight is 251 g/mol. The number of hydrogen-bond donors (Lipinski definition) is 2. The first-order chi connectivity index (χ1) is 8.81. The fourth-order valence-electron chi connectivity index (χ4n) is 2.18. The molecule has 1 aliphatic carbocycles. The number of rotatable bonds is 5. The zero-order valence-corrected chi connectivity index (χ0v) is 11.1. The van der Waals surface area contributed by atoms with Gasteiger partial charge in [0.05, 0.1) is 7.11 Å². The zero-order valence-electron chi connectivity index (χ0n) is 11.1. The lowest BCUT2D eigenvalue weighted by Crippen LogP contribution is -2.24. The summed E-state index contributed by atoms with van der Waals surface area (Å²) in [4.78, 5) is 12.7. The van der Waals surface area contributed by atoms with Crippen molar-refractivity contribution in [2.24, 2.45) is 0 Å². The molecule has 0 spiro atoms. The fraction of sp³-hybridized carbons (Fsp3) is 0.750. The Labute approximate surface area is 108 Å². The van der Waals surface area contributed by atoms with Crippen molar-refractivity contribution in [2.45, 2.75) is 45.1 Å². The Morgan fingerprint density at radius 1 is 1.11 bits per heavy atom. The van der Waals surface area contributed by atoms with E-state index in [2.05, 4.69) is 25.6 Å². The number of aromatic nitrogens is 3. The Morgan fingerprint density at radius 2 is 1.83 bits per heavy atom. The summed E-state index contributed by atoms with van der Waals surface area (Å²) in [6.07, 6.45) is 6.26. The van der Waals surface area contributed by atoms with Crippen LogP contribution in [0.15, 0.2) is 0 Å². The molecule has 6 nitrogen and oxygen atoms in total. The number of hydrogen-bond acceptors (Lipinski definition) is 6. The van der Waals surface area contributed by atoms with Crippen LogP contribution < -0.4 is 15.4 Å². The van der Waals surface area contributed by atoms with Gasteiger partial charge in [-0.1, -0.05) is 19.3 Å². The largest absolute Gasteiger partial charge is 0.467 e. The SMILES string of the molecule is CCNc1nc(NC2CCCCC2)nc(OC)n1. The van der Waals surface area contributed by atoms with Crippen LogP contribution >= 0.6 is 0 Å². The molecular weight excluding hydrogens is 230 g/mol. The Morgan fingerprint density at radius 3 is 2.50 bits per heavy atom. The van der Waals surface area contributed by atoms with Crippen LogP contribution in [0.1, 0.15) is 39.0 Å². The summed E-state index contributed by atoms with van der Waals surface area (Å²) in [6, 6.07) is 0.819. The Balaban J connectivity index is 2.07. The van der Waals surface area contributed by atoms with Crippen molar-refractivity contribution in [3.8, 4) is 6.01 Å². The molecule has 1 fully saturated rings. The quantitative estimate of drug-likeness (QED) is 0.834. The van der Waals surface area contributed by atoms with Gasteiger partial charge in [0.15, 0.2) is 0 Å². The molecule has 0 atom stereocenters. The summed E-state index contributed by atoms with van der Waals surface area (Å²) < 4.78 is 5.09. The smallest absolute Gasteiger partial charge is 0.322 e. The lowest BCUT2D eigenvalue weighted by molar-refractivity contribution is 0.378. The standard InChI is InChI=1S/C12H21N5O/c1-3-13-10-15-11(17-12(16-10)18-2)14-9-7-5-4-6-8-9/h9H,3-8H2,1-2H3,(H2,13,14,15,16,17). The van der Waals surface area contributed by atoms with E-state index in [1.54, 1.807) is 7.11 Å². The molecule has 100 valence electrons. The van der Waals surface area contributed by atoms with Gasteiger partial charge in [0.1, 0.15) is 0 Å². The summed E-state index contributed by atoms with van der Waals surface area (Å²) >= 11 is 0. The molecule has 0 unspecified atom stereocenters. The van der Waals surface area contributed by atoms with E-state index in [1.165, 1.54) is 32.1 Å². The van der Waals surface area contributed by atoms with Crippen LogP contribution in [0.3, 0.4) is 0 Å². The molecule has 1 aromatic heterocycles. The van der Waals surface area contributed by atoms with Gasteiger partial charge in [0.2, 0.25) is 11.9 Å². The Kier molecular flexibility index (Phi) is 4.55. The summed E-state index contributed by atoms with van der Waals surface area (Å²) in [6.45, 7) is 2.78. The van der Waals surface area contributed by atoms with Crippen LogP contribution in [0.4, 0.5) is 11.9 Å². The number of nitrogens with zero attached hydrogens (tertiary/aromatic N) is 3. The fourth-order valence-corrected chi connectivity index (χ4v) is 2.18. The summed E-state index contributed by atoms with van der Waals surface area (Å²) in [5.41, 5.74) is 0. The molecule has 1 aromatic rings. The van der Waals surface area contributed by atoms with Gasteiger partial charge in [0, 0.05) is 12.6 Å².